The van der Waals surface area contributed by atoms with Gasteiger partial charge in [-0.05, 0) is 224 Å². The molecule has 0 radical (unpaired) electrons. The summed E-state index contributed by atoms with van der Waals surface area (Å²) in [5.74, 6) is 2.30. The van der Waals surface area contributed by atoms with Crippen molar-refractivity contribution >= 4 is 11.6 Å². The molecule has 7 fully saturated rings. The lowest BCUT2D eigenvalue weighted by molar-refractivity contribution is -0.114. The van der Waals surface area contributed by atoms with Gasteiger partial charge in [0, 0.05) is 22.3 Å². The first-order chi connectivity index (χ1) is 28.3. The number of allylic oxidation sites excluding steroid dienone is 8. The molecular formula is C52H72F4O2. The summed E-state index contributed by atoms with van der Waals surface area (Å²) in [6, 6.07) is 0. The van der Waals surface area contributed by atoms with Crippen LogP contribution in [0.3, 0.4) is 0 Å². The van der Waals surface area contributed by atoms with Crippen molar-refractivity contribution in [2.24, 2.45) is 47.3 Å². The molecule has 2 nitrogen and oxygen atoms in total. The van der Waals surface area contributed by atoms with Gasteiger partial charge in [-0.3, -0.25) is 9.59 Å². The van der Waals surface area contributed by atoms with E-state index >= 15 is 9.59 Å². The summed E-state index contributed by atoms with van der Waals surface area (Å²) >= 11 is 0. The van der Waals surface area contributed by atoms with Gasteiger partial charge in [-0.2, -0.15) is 0 Å². The third-order valence-electron chi connectivity index (χ3n) is 17.5. The Kier molecular flexibility index (Phi) is 13.0. The van der Waals surface area contributed by atoms with Crippen LogP contribution in [0.15, 0.2) is 44.6 Å². The van der Waals surface area contributed by atoms with Crippen LogP contribution in [-0.2, 0) is 9.59 Å². The van der Waals surface area contributed by atoms with Gasteiger partial charge in [0.1, 0.15) is 24.7 Å². The smallest absolute Gasteiger partial charge is 0.186 e. The molecule has 6 heteroatoms. The molecule has 320 valence electrons. The van der Waals surface area contributed by atoms with E-state index in [-0.39, 0.29) is 47.1 Å². The van der Waals surface area contributed by atoms with Crippen LogP contribution < -0.4 is 0 Å². The normalized spacial score (nSPS) is 39.4. The van der Waals surface area contributed by atoms with E-state index < -0.39 is 24.7 Å². The highest BCUT2D eigenvalue weighted by atomic mass is 19.1. The zero-order chi connectivity index (χ0) is 39.9. The zero-order valence-electron chi connectivity index (χ0n) is 35.5. The summed E-state index contributed by atoms with van der Waals surface area (Å²) < 4.78 is 58.6. The summed E-state index contributed by atoms with van der Waals surface area (Å²) in [5, 5.41) is 0. The molecule has 7 saturated carbocycles. The van der Waals surface area contributed by atoms with Gasteiger partial charge < -0.3 is 0 Å². The number of halogens is 4. The van der Waals surface area contributed by atoms with Gasteiger partial charge in [-0.25, -0.2) is 17.6 Å². The number of carbonyl (C=O) groups is 2. The van der Waals surface area contributed by atoms with E-state index in [0.29, 0.717) is 63.2 Å². The second-order valence-electron chi connectivity index (χ2n) is 21.0. The Bertz CT molecular complexity index is 1510. The number of rotatable bonds is 8. The van der Waals surface area contributed by atoms with Crippen LogP contribution in [0.4, 0.5) is 17.6 Å². The molecule has 0 bridgehead atoms. The second-order valence-corrected chi connectivity index (χ2v) is 21.0. The highest BCUT2D eigenvalue weighted by molar-refractivity contribution is 6.15. The molecule has 0 aliphatic heterocycles. The molecule has 9 rings (SSSR count). The molecule has 0 unspecified atom stereocenters. The standard InChI is InChI=1S/C52H72F4O2/c53-39-23-15-35(16-24-39)47-43(31-7-3-1-4-8-31)45(49(51(47)57)37-19-27-41(55)28-20-37)33-11-13-34(14-12-33)46-44(32-9-5-2-6-10-32)48(36-17-25-40(54)26-18-36)52(58)50(46)38-21-29-42(56)30-22-38/h31-42H,1-30H2. The average Bonchev–Trinajstić information content (AvgIpc) is 3.73. The first-order valence-corrected chi connectivity index (χ1v) is 24.9. The molecule has 0 aromatic rings. The maximum Gasteiger partial charge on any atom is 0.186 e. The molecule has 9 aliphatic carbocycles. The van der Waals surface area contributed by atoms with E-state index in [9.17, 15) is 17.6 Å². The monoisotopic (exact) mass is 805 g/mol. The van der Waals surface area contributed by atoms with Crippen molar-refractivity contribution in [2.45, 2.75) is 217 Å². The minimum atomic E-state index is -0.780. The van der Waals surface area contributed by atoms with Crippen LogP contribution >= 0.6 is 0 Å². The Labute approximate surface area is 347 Å². The van der Waals surface area contributed by atoms with Crippen molar-refractivity contribution in [2.75, 3.05) is 0 Å². The summed E-state index contributed by atoms with van der Waals surface area (Å²) in [4.78, 5) is 30.3. The molecule has 9 aliphatic rings. The molecule has 0 saturated heterocycles. The Hall–Kier alpha value is -1.98. The highest BCUT2D eigenvalue weighted by Crippen LogP contribution is 2.57. The number of hydrogen-bond donors (Lipinski definition) is 0. The van der Waals surface area contributed by atoms with Crippen molar-refractivity contribution in [3.8, 4) is 0 Å². The second kappa shape index (κ2) is 18.2. The SMILES string of the molecule is O=C1C(C2CCC(F)CC2)=C(C2CCCCC2)C(C2CCC(C3=C(C4CCC(F)CC4)C(=O)C(C4CCC(F)CC4)=C3C3CCCCC3)CC2)=C1C1CCC(F)CC1. The molecule has 0 atom stereocenters. The van der Waals surface area contributed by atoms with E-state index in [0.717, 1.165) is 125 Å². The van der Waals surface area contributed by atoms with Crippen LogP contribution in [-0.4, -0.2) is 36.3 Å². The van der Waals surface area contributed by atoms with Crippen molar-refractivity contribution in [1.82, 2.24) is 0 Å². The lowest BCUT2D eigenvalue weighted by Crippen LogP contribution is -2.26. The summed E-state index contributed by atoms with van der Waals surface area (Å²) in [6.45, 7) is 0. The Morgan fingerprint density at radius 2 is 0.397 bits per heavy atom. The first kappa shape index (κ1) is 41.4. The minimum absolute atomic E-state index is 0.107. The predicted octanol–water partition coefficient (Wildman–Crippen LogP) is 14.4. The summed E-state index contributed by atoms with van der Waals surface area (Å²) in [7, 11) is 0. The number of hydrogen-bond acceptors (Lipinski definition) is 2. The van der Waals surface area contributed by atoms with E-state index in [1.54, 1.807) is 0 Å². The van der Waals surface area contributed by atoms with Crippen LogP contribution in [0.25, 0.3) is 0 Å². The zero-order valence-corrected chi connectivity index (χ0v) is 35.5. The van der Waals surface area contributed by atoms with Crippen LogP contribution in [0.5, 0.6) is 0 Å². The van der Waals surface area contributed by atoms with Gasteiger partial charge in [0.05, 0.1) is 0 Å². The van der Waals surface area contributed by atoms with Crippen LogP contribution in [0.1, 0.15) is 193 Å². The summed E-state index contributed by atoms with van der Waals surface area (Å²) in [6.07, 6.45) is 22.8. The summed E-state index contributed by atoms with van der Waals surface area (Å²) in [5.41, 5.74) is 9.66. The largest absolute Gasteiger partial charge is 0.289 e. The van der Waals surface area contributed by atoms with Crippen LogP contribution in [0, 0.1) is 47.3 Å². The maximum atomic E-state index is 15.1. The van der Waals surface area contributed by atoms with Crippen molar-refractivity contribution < 1.29 is 27.2 Å². The van der Waals surface area contributed by atoms with E-state index in [1.807, 2.05) is 0 Å². The van der Waals surface area contributed by atoms with E-state index in [4.69, 9.17) is 0 Å². The molecule has 0 N–H and O–H groups in total. The van der Waals surface area contributed by atoms with Crippen LogP contribution in [0.2, 0.25) is 0 Å². The minimum Gasteiger partial charge on any atom is -0.289 e. The molecular weight excluding hydrogens is 733 g/mol. The fraction of sp³-hybridized carbons (Fsp3) is 0.808. The Morgan fingerprint density at radius 1 is 0.224 bits per heavy atom. The molecule has 58 heavy (non-hydrogen) atoms. The lowest BCUT2D eigenvalue weighted by atomic mass is 9.66. The Balaban J connectivity index is 1.09. The molecule has 0 aromatic carbocycles. The van der Waals surface area contributed by atoms with E-state index in [1.165, 1.54) is 60.8 Å². The number of carbonyl (C=O) groups excluding carboxylic acids is 2. The maximum absolute atomic E-state index is 15.1. The number of ketones is 2. The van der Waals surface area contributed by atoms with Crippen molar-refractivity contribution in [1.29, 1.82) is 0 Å². The first-order valence-electron chi connectivity index (χ1n) is 24.9. The van der Waals surface area contributed by atoms with Gasteiger partial charge in [0.25, 0.3) is 0 Å². The molecule has 0 amide bonds. The Morgan fingerprint density at radius 3 is 0.621 bits per heavy atom. The average molecular weight is 805 g/mol. The topological polar surface area (TPSA) is 34.1 Å². The van der Waals surface area contributed by atoms with Crippen molar-refractivity contribution in [3.63, 3.8) is 0 Å². The quantitative estimate of drug-likeness (QED) is 0.229. The van der Waals surface area contributed by atoms with Gasteiger partial charge in [0.2, 0.25) is 0 Å². The number of Topliss-reactive ketones (excluding diaryl/α,β-unsaturated/α-hetero) is 2. The fourth-order valence-corrected chi connectivity index (χ4v) is 14.6. The van der Waals surface area contributed by atoms with Gasteiger partial charge >= 0.3 is 0 Å². The third-order valence-corrected chi connectivity index (χ3v) is 17.5. The number of alkyl halides is 4. The van der Waals surface area contributed by atoms with Gasteiger partial charge in [-0.1, -0.05) is 38.5 Å². The molecule has 0 heterocycles. The molecule has 0 spiro atoms. The van der Waals surface area contributed by atoms with E-state index in [2.05, 4.69) is 0 Å². The van der Waals surface area contributed by atoms with Gasteiger partial charge in [0.15, 0.2) is 11.6 Å². The van der Waals surface area contributed by atoms with Crippen molar-refractivity contribution in [3.05, 3.63) is 44.6 Å². The van der Waals surface area contributed by atoms with Gasteiger partial charge in [-0.15, -0.1) is 0 Å². The lowest BCUT2D eigenvalue weighted by Gasteiger charge is -2.38. The third kappa shape index (κ3) is 8.21. The molecule has 0 aromatic heterocycles. The fourth-order valence-electron chi connectivity index (χ4n) is 14.6. The predicted molar refractivity (Wildman–Crippen MR) is 224 cm³/mol. The highest BCUT2D eigenvalue weighted by Gasteiger charge is 2.49.